The van der Waals surface area contributed by atoms with E-state index in [9.17, 15) is 14.3 Å². The van der Waals surface area contributed by atoms with Crippen LogP contribution in [-0.4, -0.2) is 54.1 Å². The predicted octanol–water partition coefficient (Wildman–Crippen LogP) is 2.03. The molecule has 1 aromatic rings. The molecule has 110 valence electrons. The molecule has 1 aromatic carbocycles. The van der Waals surface area contributed by atoms with Gasteiger partial charge in [-0.25, -0.2) is 9.18 Å². The number of piperazine rings is 1. The van der Waals surface area contributed by atoms with E-state index in [1.54, 1.807) is 6.92 Å². The van der Waals surface area contributed by atoms with E-state index in [1.807, 2.05) is 11.9 Å². The number of halogens is 2. The maximum atomic E-state index is 13.3. The van der Waals surface area contributed by atoms with Crippen LogP contribution in [-0.2, 0) is 10.3 Å². The van der Waals surface area contributed by atoms with E-state index in [1.165, 1.54) is 18.2 Å². The third-order valence-electron chi connectivity index (χ3n) is 4.03. The minimum Gasteiger partial charge on any atom is -0.480 e. The smallest absolute Gasteiger partial charge is 0.328 e. The van der Waals surface area contributed by atoms with Gasteiger partial charge >= 0.3 is 5.97 Å². The second kappa shape index (κ2) is 5.68. The zero-order chi connectivity index (χ0) is 14.9. The summed E-state index contributed by atoms with van der Waals surface area (Å²) < 4.78 is 13.3. The van der Waals surface area contributed by atoms with Gasteiger partial charge in [-0.2, -0.15) is 0 Å². The molecule has 0 amide bonds. The molecule has 1 N–H and O–H groups in total. The highest BCUT2D eigenvalue weighted by atomic mass is 35.5. The molecule has 1 heterocycles. The summed E-state index contributed by atoms with van der Waals surface area (Å²) >= 11 is 5.79. The van der Waals surface area contributed by atoms with Crippen LogP contribution in [0, 0.1) is 5.82 Å². The molecule has 1 atom stereocenters. The van der Waals surface area contributed by atoms with Crippen molar-refractivity contribution in [3.8, 4) is 0 Å². The van der Waals surface area contributed by atoms with Crippen molar-refractivity contribution in [3.63, 3.8) is 0 Å². The van der Waals surface area contributed by atoms with Gasteiger partial charge in [0.25, 0.3) is 0 Å². The lowest BCUT2D eigenvalue weighted by Crippen LogP contribution is -2.56. The molecule has 1 aliphatic rings. The zero-order valence-corrected chi connectivity index (χ0v) is 12.3. The van der Waals surface area contributed by atoms with Crippen LogP contribution in [0.3, 0.4) is 0 Å². The van der Waals surface area contributed by atoms with Crippen molar-refractivity contribution in [1.29, 1.82) is 0 Å². The standard InChI is InChI=1S/C14H18ClFN2O2/c1-14(13(19)20,18-7-5-17(2)6-8-18)10-3-4-12(16)11(15)9-10/h3-4,9H,5-8H2,1-2H3,(H,19,20). The average molecular weight is 301 g/mol. The summed E-state index contributed by atoms with van der Waals surface area (Å²) in [7, 11) is 2.00. The van der Waals surface area contributed by atoms with E-state index in [0.29, 0.717) is 18.7 Å². The van der Waals surface area contributed by atoms with Crippen molar-refractivity contribution in [3.05, 3.63) is 34.6 Å². The van der Waals surface area contributed by atoms with Gasteiger partial charge in [0.05, 0.1) is 5.02 Å². The molecule has 1 unspecified atom stereocenters. The van der Waals surface area contributed by atoms with E-state index >= 15 is 0 Å². The quantitative estimate of drug-likeness (QED) is 0.927. The van der Waals surface area contributed by atoms with Crippen molar-refractivity contribution < 1.29 is 14.3 Å². The zero-order valence-electron chi connectivity index (χ0n) is 11.6. The van der Waals surface area contributed by atoms with Crippen LogP contribution in [0.5, 0.6) is 0 Å². The first-order valence-corrected chi connectivity index (χ1v) is 6.86. The number of nitrogens with zero attached hydrogens (tertiary/aromatic N) is 2. The summed E-state index contributed by atoms with van der Waals surface area (Å²) in [6, 6.07) is 4.12. The SMILES string of the molecule is CN1CCN(C(C)(C(=O)O)c2ccc(F)c(Cl)c2)CC1. The van der Waals surface area contributed by atoms with E-state index < -0.39 is 17.3 Å². The minimum absolute atomic E-state index is 0.0518. The van der Waals surface area contributed by atoms with Gasteiger partial charge in [0, 0.05) is 26.2 Å². The van der Waals surface area contributed by atoms with Crippen LogP contribution in [0.4, 0.5) is 4.39 Å². The summed E-state index contributed by atoms with van der Waals surface area (Å²) in [6.45, 7) is 4.54. The molecule has 0 aliphatic carbocycles. The number of carbonyl (C=O) groups is 1. The normalized spacial score (nSPS) is 20.6. The molecule has 20 heavy (non-hydrogen) atoms. The summed E-state index contributed by atoms with van der Waals surface area (Å²) in [4.78, 5) is 15.9. The third kappa shape index (κ3) is 2.66. The Balaban J connectivity index is 2.38. The van der Waals surface area contributed by atoms with Gasteiger partial charge in [0.15, 0.2) is 0 Å². The van der Waals surface area contributed by atoms with E-state index in [0.717, 1.165) is 13.1 Å². The Kier molecular flexibility index (Phi) is 4.32. The lowest BCUT2D eigenvalue weighted by atomic mass is 9.89. The first-order chi connectivity index (χ1) is 9.35. The first-order valence-electron chi connectivity index (χ1n) is 6.48. The lowest BCUT2D eigenvalue weighted by Gasteiger charge is -2.42. The molecule has 0 radical (unpaired) electrons. The molecule has 0 aromatic heterocycles. The maximum absolute atomic E-state index is 13.3. The highest BCUT2D eigenvalue weighted by Crippen LogP contribution is 2.32. The number of aliphatic carboxylic acids is 1. The summed E-state index contributed by atoms with van der Waals surface area (Å²) in [5.41, 5.74) is -0.695. The number of benzene rings is 1. The monoisotopic (exact) mass is 300 g/mol. The van der Waals surface area contributed by atoms with Crippen molar-refractivity contribution in [2.24, 2.45) is 0 Å². The van der Waals surface area contributed by atoms with Crippen LogP contribution in [0.25, 0.3) is 0 Å². The number of carboxylic acid groups (broad SMARTS) is 1. The van der Waals surface area contributed by atoms with Gasteiger partial charge in [0.1, 0.15) is 11.4 Å². The number of likely N-dealkylation sites (N-methyl/N-ethyl adjacent to an activating group) is 1. The highest BCUT2D eigenvalue weighted by Gasteiger charge is 2.42. The second-order valence-corrected chi connectivity index (χ2v) is 5.70. The molecule has 4 nitrogen and oxygen atoms in total. The molecular formula is C14H18ClFN2O2. The molecule has 6 heteroatoms. The van der Waals surface area contributed by atoms with Crippen LogP contribution >= 0.6 is 11.6 Å². The van der Waals surface area contributed by atoms with Gasteiger partial charge in [0.2, 0.25) is 0 Å². The van der Waals surface area contributed by atoms with E-state index in [-0.39, 0.29) is 5.02 Å². The molecule has 0 bridgehead atoms. The average Bonchev–Trinajstić information content (AvgIpc) is 2.41. The molecule has 2 rings (SSSR count). The Labute approximate surface area is 122 Å². The van der Waals surface area contributed by atoms with Gasteiger partial charge < -0.3 is 10.0 Å². The van der Waals surface area contributed by atoms with Crippen LogP contribution in [0.1, 0.15) is 12.5 Å². The van der Waals surface area contributed by atoms with E-state index in [4.69, 9.17) is 11.6 Å². The Hall–Kier alpha value is -1.17. The second-order valence-electron chi connectivity index (χ2n) is 5.30. The fourth-order valence-electron chi connectivity index (χ4n) is 2.49. The minimum atomic E-state index is -1.20. The Morgan fingerprint density at radius 2 is 1.95 bits per heavy atom. The van der Waals surface area contributed by atoms with Gasteiger partial charge in [-0.1, -0.05) is 17.7 Å². The number of hydrogen-bond donors (Lipinski definition) is 1. The summed E-state index contributed by atoms with van der Waals surface area (Å²) in [6.07, 6.45) is 0. The Bertz CT molecular complexity index is 518. The van der Waals surface area contributed by atoms with Gasteiger partial charge in [-0.05, 0) is 31.7 Å². The topological polar surface area (TPSA) is 43.8 Å². The molecule has 0 saturated carbocycles. The fraction of sp³-hybridized carbons (Fsp3) is 0.500. The predicted molar refractivity (Wildman–Crippen MR) is 75.5 cm³/mol. The van der Waals surface area contributed by atoms with Crippen molar-refractivity contribution in [1.82, 2.24) is 9.80 Å². The number of hydrogen-bond acceptors (Lipinski definition) is 3. The first kappa shape index (κ1) is 15.2. The van der Waals surface area contributed by atoms with Crippen LogP contribution in [0.2, 0.25) is 5.02 Å². The maximum Gasteiger partial charge on any atom is 0.328 e. The van der Waals surface area contributed by atoms with E-state index in [2.05, 4.69) is 4.90 Å². The van der Waals surface area contributed by atoms with Crippen molar-refractivity contribution in [2.75, 3.05) is 33.2 Å². The molecule has 1 saturated heterocycles. The largest absolute Gasteiger partial charge is 0.480 e. The van der Waals surface area contributed by atoms with Gasteiger partial charge in [-0.15, -0.1) is 0 Å². The highest BCUT2D eigenvalue weighted by molar-refractivity contribution is 6.30. The summed E-state index contributed by atoms with van der Waals surface area (Å²) in [5.74, 6) is -1.49. The Morgan fingerprint density at radius 3 is 2.45 bits per heavy atom. The van der Waals surface area contributed by atoms with Crippen molar-refractivity contribution in [2.45, 2.75) is 12.5 Å². The number of carboxylic acids is 1. The van der Waals surface area contributed by atoms with Gasteiger partial charge in [-0.3, -0.25) is 4.90 Å². The lowest BCUT2D eigenvalue weighted by molar-refractivity contribution is -0.152. The molecule has 1 fully saturated rings. The number of rotatable bonds is 3. The molecule has 1 aliphatic heterocycles. The Morgan fingerprint density at radius 1 is 1.35 bits per heavy atom. The fourth-order valence-corrected chi connectivity index (χ4v) is 2.67. The van der Waals surface area contributed by atoms with Crippen LogP contribution < -0.4 is 0 Å². The van der Waals surface area contributed by atoms with Crippen LogP contribution in [0.15, 0.2) is 18.2 Å². The van der Waals surface area contributed by atoms with Crippen molar-refractivity contribution >= 4 is 17.6 Å². The molecular weight excluding hydrogens is 283 g/mol. The molecule has 0 spiro atoms. The summed E-state index contributed by atoms with van der Waals surface area (Å²) in [5, 5.41) is 9.62. The third-order valence-corrected chi connectivity index (χ3v) is 4.32.